The highest BCUT2D eigenvalue weighted by atomic mass is 32.1. The second-order valence-electron chi connectivity index (χ2n) is 4.34. The quantitative estimate of drug-likeness (QED) is 0.596. The van der Waals surface area contributed by atoms with Crippen molar-refractivity contribution in [1.82, 2.24) is 15.1 Å². The van der Waals surface area contributed by atoms with Crippen LogP contribution in [0.3, 0.4) is 0 Å². The van der Waals surface area contributed by atoms with Gasteiger partial charge in [0.2, 0.25) is 0 Å². The average molecular weight is 213 g/mol. The molecule has 0 aromatic heterocycles. The molecule has 4 heteroatoms. The van der Waals surface area contributed by atoms with E-state index in [0.29, 0.717) is 6.04 Å². The molecular weight excluding hydrogens is 194 g/mol. The Morgan fingerprint density at radius 2 is 2.00 bits per heavy atom. The molecule has 3 nitrogen and oxygen atoms in total. The van der Waals surface area contributed by atoms with E-state index in [-0.39, 0.29) is 0 Å². The van der Waals surface area contributed by atoms with E-state index in [1.165, 1.54) is 19.3 Å². The molecule has 2 saturated heterocycles. The van der Waals surface area contributed by atoms with E-state index in [2.05, 4.69) is 22.2 Å². The molecule has 2 bridgehead atoms. The van der Waals surface area contributed by atoms with Crippen LogP contribution in [0.4, 0.5) is 0 Å². The Morgan fingerprint density at radius 3 is 2.71 bits per heavy atom. The number of hydrogen-bond donors (Lipinski definition) is 1. The maximum Gasteiger partial charge on any atom is 0.168 e. The van der Waals surface area contributed by atoms with Crippen LogP contribution in [0, 0.1) is 0 Å². The number of likely N-dealkylation sites (tertiary alicyclic amines) is 1. The molecule has 0 saturated carbocycles. The normalized spacial score (nSPS) is 32.9. The maximum absolute atomic E-state index is 5.29. The molecule has 2 rings (SSSR count). The van der Waals surface area contributed by atoms with Gasteiger partial charge in [-0.15, -0.1) is 0 Å². The summed E-state index contributed by atoms with van der Waals surface area (Å²) < 4.78 is 0. The van der Waals surface area contributed by atoms with E-state index in [1.54, 1.807) is 0 Å². The van der Waals surface area contributed by atoms with E-state index < -0.39 is 0 Å². The first-order valence-corrected chi connectivity index (χ1v) is 5.82. The number of rotatable bonds is 0. The highest BCUT2D eigenvalue weighted by Gasteiger charge is 2.34. The van der Waals surface area contributed by atoms with Gasteiger partial charge in [0.1, 0.15) is 0 Å². The van der Waals surface area contributed by atoms with Gasteiger partial charge in [0.25, 0.3) is 0 Å². The molecule has 0 spiro atoms. The van der Waals surface area contributed by atoms with Crippen LogP contribution in [-0.2, 0) is 0 Å². The molecule has 2 heterocycles. The summed E-state index contributed by atoms with van der Waals surface area (Å²) in [4.78, 5) is 4.86. The van der Waals surface area contributed by atoms with Gasteiger partial charge in [0, 0.05) is 32.2 Å². The number of hydrogen-bond acceptors (Lipinski definition) is 2. The van der Waals surface area contributed by atoms with Crippen LogP contribution in [0.1, 0.15) is 19.3 Å². The van der Waals surface area contributed by atoms with Crippen LogP contribution in [0.2, 0.25) is 0 Å². The Kier molecular flexibility index (Phi) is 2.93. The van der Waals surface area contributed by atoms with E-state index in [9.17, 15) is 0 Å². The van der Waals surface area contributed by atoms with Gasteiger partial charge in [-0.25, -0.2) is 0 Å². The van der Waals surface area contributed by atoms with Crippen LogP contribution in [0.5, 0.6) is 0 Å². The maximum atomic E-state index is 5.29. The predicted octanol–water partition coefficient (Wildman–Crippen LogP) is 0.659. The lowest BCUT2D eigenvalue weighted by Crippen LogP contribution is -2.43. The fourth-order valence-corrected chi connectivity index (χ4v) is 2.82. The Labute approximate surface area is 91.4 Å². The molecule has 0 amide bonds. The molecule has 0 radical (unpaired) electrons. The second kappa shape index (κ2) is 4.03. The highest BCUT2D eigenvalue weighted by Crippen LogP contribution is 2.28. The smallest absolute Gasteiger partial charge is 0.168 e. The van der Waals surface area contributed by atoms with Crippen LogP contribution in [0.25, 0.3) is 0 Å². The minimum absolute atomic E-state index is 0.716. The molecule has 2 aliphatic rings. The van der Waals surface area contributed by atoms with Crippen LogP contribution in [-0.4, -0.2) is 54.2 Å². The van der Waals surface area contributed by atoms with Gasteiger partial charge in [-0.3, -0.25) is 4.90 Å². The molecule has 0 aromatic carbocycles. The molecule has 0 aliphatic carbocycles. The van der Waals surface area contributed by atoms with Gasteiger partial charge in [0.05, 0.1) is 0 Å². The van der Waals surface area contributed by atoms with Crippen molar-refractivity contribution in [2.75, 3.05) is 27.2 Å². The lowest BCUT2D eigenvalue weighted by molar-refractivity contribution is 0.245. The Morgan fingerprint density at radius 1 is 1.29 bits per heavy atom. The Hall–Kier alpha value is -0.350. The molecular formula is C10H19N3S. The number of thiocarbonyl (C=S) groups is 1. The summed E-state index contributed by atoms with van der Waals surface area (Å²) in [6, 6.07) is 1.51. The Bertz CT molecular complexity index is 231. The summed E-state index contributed by atoms with van der Waals surface area (Å²) in [5, 5.41) is 3.98. The van der Waals surface area contributed by atoms with Gasteiger partial charge >= 0.3 is 0 Å². The fourth-order valence-electron chi connectivity index (χ4n) is 2.65. The van der Waals surface area contributed by atoms with Gasteiger partial charge in [0.15, 0.2) is 5.11 Å². The fraction of sp³-hybridized carbons (Fsp3) is 0.900. The summed E-state index contributed by atoms with van der Waals surface area (Å²) >= 11 is 5.29. The summed E-state index contributed by atoms with van der Waals surface area (Å²) in [5.41, 5.74) is 0. The van der Waals surface area contributed by atoms with E-state index in [0.717, 1.165) is 24.2 Å². The minimum atomic E-state index is 0.716. The predicted molar refractivity (Wildman–Crippen MR) is 62.4 cm³/mol. The van der Waals surface area contributed by atoms with Crippen molar-refractivity contribution < 1.29 is 0 Å². The van der Waals surface area contributed by atoms with Crippen molar-refractivity contribution in [3.8, 4) is 0 Å². The number of likely N-dealkylation sites (N-methyl/N-ethyl adjacent to an activating group) is 1. The first-order valence-electron chi connectivity index (χ1n) is 5.41. The zero-order valence-electron chi connectivity index (χ0n) is 8.99. The SMILES string of the molecule is CNC(=S)N1CCC2CCC(C1)N2C. The molecule has 2 fully saturated rings. The summed E-state index contributed by atoms with van der Waals surface area (Å²) in [6.45, 7) is 2.22. The first-order chi connectivity index (χ1) is 6.72. The zero-order chi connectivity index (χ0) is 10.1. The average Bonchev–Trinajstić information content (AvgIpc) is 2.40. The monoisotopic (exact) mass is 213 g/mol. The molecule has 14 heavy (non-hydrogen) atoms. The van der Waals surface area contributed by atoms with Gasteiger partial charge in [-0.05, 0) is 38.5 Å². The van der Waals surface area contributed by atoms with Crippen LogP contribution in [0.15, 0.2) is 0 Å². The van der Waals surface area contributed by atoms with Gasteiger partial charge in [-0.2, -0.15) is 0 Å². The Balaban J connectivity index is 2.03. The molecule has 2 atom stereocenters. The van der Waals surface area contributed by atoms with Crippen molar-refractivity contribution in [1.29, 1.82) is 0 Å². The molecule has 2 aliphatic heterocycles. The largest absolute Gasteiger partial charge is 0.366 e. The standard InChI is InChI=1S/C10H19N3S/c1-11-10(14)13-6-5-8-3-4-9(7-13)12(8)2/h8-9H,3-7H2,1-2H3,(H,11,14). The second-order valence-corrected chi connectivity index (χ2v) is 4.73. The lowest BCUT2D eigenvalue weighted by Gasteiger charge is -2.27. The van der Waals surface area contributed by atoms with Crippen molar-refractivity contribution in [2.45, 2.75) is 31.3 Å². The third-order valence-corrected chi connectivity index (χ3v) is 4.11. The van der Waals surface area contributed by atoms with E-state index >= 15 is 0 Å². The molecule has 1 N–H and O–H groups in total. The van der Waals surface area contributed by atoms with Crippen molar-refractivity contribution in [2.24, 2.45) is 0 Å². The van der Waals surface area contributed by atoms with Crippen LogP contribution < -0.4 is 5.32 Å². The van der Waals surface area contributed by atoms with E-state index in [4.69, 9.17) is 12.2 Å². The van der Waals surface area contributed by atoms with E-state index in [1.807, 2.05) is 7.05 Å². The highest BCUT2D eigenvalue weighted by molar-refractivity contribution is 7.80. The van der Waals surface area contributed by atoms with Crippen molar-refractivity contribution in [3.05, 3.63) is 0 Å². The summed E-state index contributed by atoms with van der Waals surface area (Å²) in [6.07, 6.45) is 3.97. The first kappa shape index (κ1) is 10.2. The third-order valence-electron chi connectivity index (χ3n) is 3.65. The lowest BCUT2D eigenvalue weighted by atomic mass is 10.1. The summed E-state index contributed by atoms with van der Waals surface area (Å²) in [5.74, 6) is 0. The molecule has 2 unspecified atom stereocenters. The van der Waals surface area contributed by atoms with Crippen LogP contribution >= 0.6 is 12.2 Å². The van der Waals surface area contributed by atoms with Crippen molar-refractivity contribution >= 4 is 17.3 Å². The minimum Gasteiger partial charge on any atom is -0.366 e. The number of fused-ring (bicyclic) bond motifs is 2. The number of nitrogens with zero attached hydrogens (tertiary/aromatic N) is 2. The zero-order valence-corrected chi connectivity index (χ0v) is 9.81. The topological polar surface area (TPSA) is 18.5 Å². The molecule has 80 valence electrons. The third kappa shape index (κ3) is 1.73. The van der Waals surface area contributed by atoms with Gasteiger partial charge < -0.3 is 10.2 Å². The van der Waals surface area contributed by atoms with Gasteiger partial charge in [-0.1, -0.05) is 0 Å². The molecule has 0 aromatic rings. The summed E-state index contributed by atoms with van der Waals surface area (Å²) in [7, 11) is 4.17. The number of nitrogens with one attached hydrogen (secondary N) is 1. The van der Waals surface area contributed by atoms with Crippen molar-refractivity contribution in [3.63, 3.8) is 0 Å².